The van der Waals surface area contributed by atoms with Gasteiger partial charge in [0.2, 0.25) is 5.91 Å². The lowest BCUT2D eigenvalue weighted by Gasteiger charge is -2.23. The van der Waals surface area contributed by atoms with Gasteiger partial charge < -0.3 is 19.9 Å². The van der Waals surface area contributed by atoms with Crippen LogP contribution in [0.25, 0.3) is 0 Å². The van der Waals surface area contributed by atoms with E-state index in [9.17, 15) is 9.59 Å². The molecule has 2 rings (SSSR count). The van der Waals surface area contributed by atoms with Crippen LogP contribution in [0.4, 0.5) is 4.79 Å². The quantitative estimate of drug-likeness (QED) is 0.796. The summed E-state index contributed by atoms with van der Waals surface area (Å²) in [6, 6.07) is 8.91. The molecule has 0 radical (unpaired) electrons. The Morgan fingerprint density at radius 2 is 1.96 bits per heavy atom. The van der Waals surface area contributed by atoms with Crippen molar-refractivity contribution in [2.45, 2.75) is 51.9 Å². The van der Waals surface area contributed by atoms with Crippen molar-refractivity contribution in [2.75, 3.05) is 0 Å². The van der Waals surface area contributed by atoms with Crippen LogP contribution in [-0.4, -0.2) is 33.2 Å². The number of alkyl carbamates (subject to hydrolysis) is 1. The van der Waals surface area contributed by atoms with Crippen LogP contribution < -0.4 is 10.6 Å². The Labute approximate surface area is 153 Å². The first-order chi connectivity index (χ1) is 12.3. The lowest BCUT2D eigenvalue weighted by atomic mass is 10.1. The van der Waals surface area contributed by atoms with Crippen LogP contribution in [0.1, 0.15) is 32.8 Å². The number of benzene rings is 1. The Morgan fingerprint density at radius 1 is 1.23 bits per heavy atom. The molecule has 1 atom stereocenters. The number of amides is 2. The number of hydrogen-bond donors (Lipinski definition) is 2. The Bertz CT molecular complexity index is 693. The van der Waals surface area contributed by atoms with E-state index in [0.29, 0.717) is 19.5 Å². The maximum atomic E-state index is 12.6. The lowest BCUT2D eigenvalue weighted by molar-refractivity contribution is -0.123. The highest BCUT2D eigenvalue weighted by molar-refractivity contribution is 5.85. The second kappa shape index (κ2) is 9.03. The van der Waals surface area contributed by atoms with E-state index in [2.05, 4.69) is 15.6 Å². The highest BCUT2D eigenvalue weighted by atomic mass is 16.6. The fraction of sp³-hybridized carbons (Fsp3) is 0.421. The van der Waals surface area contributed by atoms with Gasteiger partial charge in [0.25, 0.3) is 0 Å². The molecule has 7 nitrogen and oxygen atoms in total. The third-order valence-corrected chi connectivity index (χ3v) is 3.55. The van der Waals surface area contributed by atoms with Gasteiger partial charge in [0.1, 0.15) is 11.6 Å². The molecule has 0 bridgehead atoms. The van der Waals surface area contributed by atoms with Crippen LogP contribution in [0.15, 0.2) is 49.1 Å². The summed E-state index contributed by atoms with van der Waals surface area (Å²) >= 11 is 0. The fourth-order valence-electron chi connectivity index (χ4n) is 2.32. The van der Waals surface area contributed by atoms with Crippen molar-refractivity contribution in [1.29, 1.82) is 0 Å². The average molecular weight is 358 g/mol. The molecule has 2 aromatic rings. The third-order valence-electron chi connectivity index (χ3n) is 3.55. The van der Waals surface area contributed by atoms with Gasteiger partial charge >= 0.3 is 6.09 Å². The van der Waals surface area contributed by atoms with Gasteiger partial charge in [0, 0.05) is 25.5 Å². The molecule has 0 unspecified atom stereocenters. The van der Waals surface area contributed by atoms with Crippen LogP contribution in [-0.2, 0) is 22.6 Å². The minimum absolute atomic E-state index is 0.250. The number of nitrogens with one attached hydrogen (secondary N) is 2. The van der Waals surface area contributed by atoms with Gasteiger partial charge in [-0.2, -0.15) is 0 Å². The summed E-state index contributed by atoms with van der Waals surface area (Å²) in [5.74, 6) is -0.250. The van der Waals surface area contributed by atoms with Gasteiger partial charge in [-0.1, -0.05) is 30.3 Å². The molecule has 0 spiro atoms. The largest absolute Gasteiger partial charge is 0.444 e. The minimum Gasteiger partial charge on any atom is -0.444 e. The van der Waals surface area contributed by atoms with E-state index < -0.39 is 17.7 Å². The first kappa shape index (κ1) is 19.5. The molecule has 0 saturated carbocycles. The third kappa shape index (κ3) is 6.96. The number of nitrogens with zero attached hydrogens (tertiary/aromatic N) is 2. The molecule has 26 heavy (non-hydrogen) atoms. The van der Waals surface area contributed by atoms with Crippen molar-refractivity contribution >= 4 is 12.0 Å². The van der Waals surface area contributed by atoms with Crippen molar-refractivity contribution in [3.05, 3.63) is 54.6 Å². The zero-order valence-electron chi connectivity index (χ0n) is 15.4. The summed E-state index contributed by atoms with van der Waals surface area (Å²) in [6.07, 6.45) is 4.98. The topological polar surface area (TPSA) is 85.2 Å². The lowest BCUT2D eigenvalue weighted by Crippen LogP contribution is -2.48. The van der Waals surface area contributed by atoms with Gasteiger partial charge in [0.05, 0.1) is 6.33 Å². The van der Waals surface area contributed by atoms with Gasteiger partial charge in [-0.05, 0) is 32.8 Å². The van der Waals surface area contributed by atoms with Crippen molar-refractivity contribution in [3.8, 4) is 0 Å². The molecule has 1 heterocycles. The van der Waals surface area contributed by atoms with Gasteiger partial charge in [-0.15, -0.1) is 0 Å². The fourth-order valence-corrected chi connectivity index (χ4v) is 2.32. The Kier molecular flexibility index (Phi) is 6.77. The standard InChI is InChI=1S/C19H26N4O3/c1-19(2,3)26-18(25)22-16(9-11-23-12-10-20-14-23)17(24)21-13-15-7-5-4-6-8-15/h4-8,10,12,14,16H,9,11,13H2,1-3H3,(H,21,24)(H,22,25)/t16-/m0/s1. The van der Waals surface area contributed by atoms with E-state index in [1.54, 1.807) is 33.3 Å². The number of carbonyl (C=O) groups excluding carboxylic acids is 2. The molecular formula is C19H26N4O3. The van der Waals surface area contributed by atoms with E-state index in [4.69, 9.17) is 4.74 Å². The van der Waals surface area contributed by atoms with Gasteiger partial charge in [-0.3, -0.25) is 4.79 Å². The minimum atomic E-state index is -0.698. The average Bonchev–Trinajstić information content (AvgIpc) is 3.09. The molecule has 0 aliphatic heterocycles. The molecular weight excluding hydrogens is 332 g/mol. The van der Waals surface area contributed by atoms with Crippen LogP contribution in [0.5, 0.6) is 0 Å². The Morgan fingerprint density at radius 3 is 2.58 bits per heavy atom. The number of ether oxygens (including phenoxy) is 1. The van der Waals surface area contributed by atoms with E-state index in [0.717, 1.165) is 5.56 Å². The molecule has 7 heteroatoms. The SMILES string of the molecule is CC(C)(C)OC(=O)N[C@@H](CCn1ccnc1)C(=O)NCc1ccccc1. The number of carbonyl (C=O) groups is 2. The molecule has 140 valence electrons. The van der Waals surface area contributed by atoms with Crippen molar-refractivity contribution < 1.29 is 14.3 Å². The predicted molar refractivity (Wildman–Crippen MR) is 98.3 cm³/mol. The first-order valence-electron chi connectivity index (χ1n) is 8.60. The van der Waals surface area contributed by atoms with Gasteiger partial charge in [0.15, 0.2) is 0 Å². The maximum absolute atomic E-state index is 12.6. The highest BCUT2D eigenvalue weighted by Gasteiger charge is 2.24. The molecule has 0 fully saturated rings. The number of rotatable bonds is 7. The van der Waals surface area contributed by atoms with Crippen LogP contribution in [0.2, 0.25) is 0 Å². The molecule has 0 aliphatic carbocycles. The van der Waals surface area contributed by atoms with Crippen LogP contribution >= 0.6 is 0 Å². The van der Waals surface area contributed by atoms with E-state index in [-0.39, 0.29) is 5.91 Å². The molecule has 0 saturated heterocycles. The summed E-state index contributed by atoms with van der Waals surface area (Å²) in [7, 11) is 0. The number of hydrogen-bond acceptors (Lipinski definition) is 4. The smallest absolute Gasteiger partial charge is 0.408 e. The Hall–Kier alpha value is -2.83. The number of imidazole rings is 1. The van der Waals surface area contributed by atoms with Gasteiger partial charge in [-0.25, -0.2) is 9.78 Å². The second-order valence-electron chi connectivity index (χ2n) is 6.99. The molecule has 2 amide bonds. The van der Waals surface area contributed by atoms with Crippen LogP contribution in [0.3, 0.4) is 0 Å². The maximum Gasteiger partial charge on any atom is 0.408 e. The van der Waals surface area contributed by atoms with E-state index in [1.165, 1.54) is 0 Å². The zero-order chi connectivity index (χ0) is 19.0. The Balaban J connectivity index is 1.95. The number of aryl methyl sites for hydroxylation is 1. The summed E-state index contributed by atoms with van der Waals surface area (Å²) in [5.41, 5.74) is 0.367. The normalized spacial score (nSPS) is 12.3. The molecule has 2 N–H and O–H groups in total. The van der Waals surface area contributed by atoms with Crippen molar-refractivity contribution in [3.63, 3.8) is 0 Å². The number of aromatic nitrogens is 2. The molecule has 0 aliphatic rings. The van der Waals surface area contributed by atoms with Crippen molar-refractivity contribution in [2.24, 2.45) is 0 Å². The summed E-state index contributed by atoms with van der Waals surface area (Å²) < 4.78 is 7.12. The zero-order valence-corrected chi connectivity index (χ0v) is 15.4. The summed E-state index contributed by atoms with van der Waals surface area (Å²) in [6.45, 7) is 6.30. The molecule has 1 aromatic carbocycles. The monoisotopic (exact) mass is 358 g/mol. The van der Waals surface area contributed by atoms with Crippen LogP contribution in [0, 0.1) is 0 Å². The van der Waals surface area contributed by atoms with E-state index >= 15 is 0 Å². The summed E-state index contributed by atoms with van der Waals surface area (Å²) in [4.78, 5) is 28.6. The predicted octanol–water partition coefficient (Wildman–Crippen LogP) is 2.48. The highest BCUT2D eigenvalue weighted by Crippen LogP contribution is 2.08. The second-order valence-corrected chi connectivity index (χ2v) is 6.99. The van der Waals surface area contributed by atoms with E-state index in [1.807, 2.05) is 41.1 Å². The molecule has 1 aromatic heterocycles. The summed E-state index contributed by atoms with van der Waals surface area (Å²) in [5, 5.41) is 5.53. The van der Waals surface area contributed by atoms with Crippen molar-refractivity contribution in [1.82, 2.24) is 20.2 Å². The first-order valence-corrected chi connectivity index (χ1v) is 8.60.